The van der Waals surface area contributed by atoms with Gasteiger partial charge in [0.2, 0.25) is 0 Å². The van der Waals surface area contributed by atoms with Gasteiger partial charge in [0.05, 0.1) is 38.6 Å². The Hall–Kier alpha value is -0.200. The van der Waals surface area contributed by atoms with Crippen LogP contribution in [-0.4, -0.2) is 63.9 Å². The number of aliphatic hydroxyl groups excluding tert-OH is 1. The van der Waals surface area contributed by atoms with Crippen LogP contribution < -0.4 is 5.32 Å². The highest BCUT2D eigenvalue weighted by atomic mass is 16.5. The van der Waals surface area contributed by atoms with Crippen molar-refractivity contribution in [1.82, 2.24) is 5.32 Å². The maximum absolute atomic E-state index is 9.43. The van der Waals surface area contributed by atoms with E-state index < -0.39 is 0 Å². The molecule has 0 amide bonds. The van der Waals surface area contributed by atoms with Crippen LogP contribution in [0.3, 0.4) is 0 Å². The van der Waals surface area contributed by atoms with Crippen molar-refractivity contribution < 1.29 is 19.3 Å². The highest BCUT2D eigenvalue weighted by molar-refractivity contribution is 4.80. The first-order valence-electron chi connectivity index (χ1n) is 5.40. The molecule has 1 rings (SSSR count). The van der Waals surface area contributed by atoms with E-state index in [0.29, 0.717) is 26.4 Å². The normalized spacial score (nSPS) is 26.0. The van der Waals surface area contributed by atoms with Gasteiger partial charge in [0.15, 0.2) is 0 Å². The third-order valence-electron chi connectivity index (χ3n) is 2.35. The van der Waals surface area contributed by atoms with Crippen LogP contribution in [0.1, 0.15) is 6.42 Å². The van der Waals surface area contributed by atoms with Crippen molar-refractivity contribution in [2.45, 2.75) is 18.6 Å². The topological polar surface area (TPSA) is 60.0 Å². The molecule has 1 heterocycles. The van der Waals surface area contributed by atoms with Crippen molar-refractivity contribution >= 4 is 0 Å². The quantitative estimate of drug-likeness (QED) is 0.533. The van der Waals surface area contributed by atoms with E-state index in [1.807, 2.05) is 0 Å². The van der Waals surface area contributed by atoms with Crippen LogP contribution in [0, 0.1) is 0 Å². The number of rotatable bonds is 8. The number of aliphatic hydroxyl groups is 1. The van der Waals surface area contributed by atoms with Gasteiger partial charge in [-0.2, -0.15) is 0 Å². The van der Waals surface area contributed by atoms with E-state index in [1.54, 1.807) is 7.11 Å². The van der Waals surface area contributed by atoms with Crippen LogP contribution in [0.2, 0.25) is 0 Å². The Kier molecular flexibility index (Phi) is 6.87. The molecule has 1 aliphatic heterocycles. The molecule has 1 aliphatic rings. The van der Waals surface area contributed by atoms with E-state index in [4.69, 9.17) is 14.2 Å². The Morgan fingerprint density at radius 2 is 2.20 bits per heavy atom. The van der Waals surface area contributed by atoms with Gasteiger partial charge in [-0.25, -0.2) is 0 Å². The van der Waals surface area contributed by atoms with E-state index in [0.717, 1.165) is 19.6 Å². The minimum Gasteiger partial charge on any atom is -0.389 e. The summed E-state index contributed by atoms with van der Waals surface area (Å²) >= 11 is 0. The average molecular weight is 219 g/mol. The molecule has 0 saturated carbocycles. The summed E-state index contributed by atoms with van der Waals surface area (Å²) in [4.78, 5) is 0. The fraction of sp³-hybridized carbons (Fsp3) is 1.00. The molecule has 1 saturated heterocycles. The van der Waals surface area contributed by atoms with Gasteiger partial charge in [-0.3, -0.25) is 0 Å². The lowest BCUT2D eigenvalue weighted by Gasteiger charge is -2.14. The lowest BCUT2D eigenvalue weighted by molar-refractivity contribution is 0.0686. The number of methoxy groups -OCH3 is 1. The zero-order valence-corrected chi connectivity index (χ0v) is 9.28. The summed E-state index contributed by atoms with van der Waals surface area (Å²) in [5.74, 6) is 0. The fourth-order valence-corrected chi connectivity index (χ4v) is 1.44. The summed E-state index contributed by atoms with van der Waals surface area (Å²) in [6.07, 6.45) is 0.576. The van der Waals surface area contributed by atoms with E-state index in [2.05, 4.69) is 5.32 Å². The van der Waals surface area contributed by atoms with Crippen LogP contribution >= 0.6 is 0 Å². The van der Waals surface area contributed by atoms with Crippen molar-refractivity contribution in [2.24, 2.45) is 0 Å². The van der Waals surface area contributed by atoms with Gasteiger partial charge in [0.25, 0.3) is 0 Å². The molecule has 0 aromatic rings. The average Bonchev–Trinajstić information content (AvgIpc) is 2.63. The molecule has 90 valence electrons. The minimum absolute atomic E-state index is 0.0870. The molecule has 0 bridgehead atoms. The SMILES string of the molecule is COCCOCCCNC1COCC1O. The summed E-state index contributed by atoms with van der Waals surface area (Å²) in [6, 6.07) is 0.0870. The fourth-order valence-electron chi connectivity index (χ4n) is 1.44. The lowest BCUT2D eigenvalue weighted by atomic mass is 10.2. The van der Waals surface area contributed by atoms with Crippen LogP contribution in [-0.2, 0) is 14.2 Å². The van der Waals surface area contributed by atoms with Crippen molar-refractivity contribution in [3.05, 3.63) is 0 Å². The largest absolute Gasteiger partial charge is 0.389 e. The minimum atomic E-state index is -0.362. The third kappa shape index (κ3) is 5.44. The first-order valence-corrected chi connectivity index (χ1v) is 5.40. The first-order chi connectivity index (χ1) is 7.34. The van der Waals surface area contributed by atoms with Crippen LogP contribution in [0.15, 0.2) is 0 Å². The molecule has 5 nitrogen and oxygen atoms in total. The predicted molar refractivity (Wildman–Crippen MR) is 55.9 cm³/mol. The Balaban J connectivity index is 1.84. The summed E-state index contributed by atoms with van der Waals surface area (Å²) in [5.41, 5.74) is 0. The number of ether oxygens (including phenoxy) is 3. The van der Waals surface area contributed by atoms with E-state index in [9.17, 15) is 5.11 Å². The van der Waals surface area contributed by atoms with Crippen molar-refractivity contribution in [3.8, 4) is 0 Å². The smallest absolute Gasteiger partial charge is 0.0948 e. The Morgan fingerprint density at radius 3 is 2.87 bits per heavy atom. The van der Waals surface area contributed by atoms with E-state index >= 15 is 0 Å². The van der Waals surface area contributed by atoms with Crippen molar-refractivity contribution in [3.63, 3.8) is 0 Å². The number of hydrogen-bond acceptors (Lipinski definition) is 5. The van der Waals surface area contributed by atoms with Crippen LogP contribution in [0.25, 0.3) is 0 Å². The maximum atomic E-state index is 9.43. The highest BCUT2D eigenvalue weighted by Crippen LogP contribution is 2.04. The van der Waals surface area contributed by atoms with Gasteiger partial charge in [0.1, 0.15) is 0 Å². The molecule has 5 heteroatoms. The van der Waals surface area contributed by atoms with Crippen molar-refractivity contribution in [2.75, 3.05) is 46.7 Å². The van der Waals surface area contributed by atoms with Gasteiger partial charge in [-0.15, -0.1) is 0 Å². The molecular formula is C10H21NO4. The summed E-state index contributed by atoms with van der Waals surface area (Å²) in [6.45, 7) is 3.90. The predicted octanol–water partition coefficient (Wildman–Crippen LogP) is -0.611. The molecule has 0 aliphatic carbocycles. The second kappa shape index (κ2) is 8.01. The first kappa shape index (κ1) is 12.9. The second-order valence-corrected chi connectivity index (χ2v) is 3.62. The molecular weight excluding hydrogens is 198 g/mol. The Morgan fingerprint density at radius 1 is 1.33 bits per heavy atom. The van der Waals surface area contributed by atoms with Gasteiger partial charge in [0, 0.05) is 13.7 Å². The number of hydrogen-bond donors (Lipinski definition) is 2. The van der Waals surface area contributed by atoms with Gasteiger partial charge in [-0.1, -0.05) is 0 Å². The van der Waals surface area contributed by atoms with Crippen molar-refractivity contribution in [1.29, 1.82) is 0 Å². The molecule has 0 aromatic carbocycles. The van der Waals surface area contributed by atoms with Gasteiger partial charge < -0.3 is 24.6 Å². The lowest BCUT2D eigenvalue weighted by Crippen LogP contribution is -2.39. The molecule has 2 unspecified atom stereocenters. The highest BCUT2D eigenvalue weighted by Gasteiger charge is 2.24. The zero-order valence-electron chi connectivity index (χ0n) is 9.28. The zero-order chi connectivity index (χ0) is 10.9. The van der Waals surface area contributed by atoms with E-state index in [-0.39, 0.29) is 12.1 Å². The standard InChI is InChI=1S/C10H21NO4/c1-13-5-6-14-4-2-3-11-9-7-15-8-10(9)12/h9-12H,2-8H2,1H3. The van der Waals surface area contributed by atoms with Gasteiger partial charge in [-0.05, 0) is 13.0 Å². The molecule has 1 fully saturated rings. The molecule has 0 spiro atoms. The van der Waals surface area contributed by atoms with Gasteiger partial charge >= 0.3 is 0 Å². The summed E-state index contributed by atoms with van der Waals surface area (Å²) in [7, 11) is 1.66. The van der Waals surface area contributed by atoms with Crippen LogP contribution in [0.5, 0.6) is 0 Å². The second-order valence-electron chi connectivity index (χ2n) is 3.62. The Bertz CT molecular complexity index is 156. The summed E-state index contributed by atoms with van der Waals surface area (Å²) in [5, 5.41) is 12.7. The molecule has 2 atom stereocenters. The molecule has 15 heavy (non-hydrogen) atoms. The van der Waals surface area contributed by atoms with E-state index in [1.165, 1.54) is 0 Å². The monoisotopic (exact) mass is 219 g/mol. The van der Waals surface area contributed by atoms with Crippen LogP contribution in [0.4, 0.5) is 0 Å². The number of nitrogens with one attached hydrogen (secondary N) is 1. The third-order valence-corrected chi connectivity index (χ3v) is 2.35. The summed E-state index contributed by atoms with van der Waals surface area (Å²) < 4.78 is 15.3. The Labute approximate surface area is 90.7 Å². The maximum Gasteiger partial charge on any atom is 0.0948 e. The molecule has 2 N–H and O–H groups in total. The molecule has 0 radical (unpaired) electrons. The molecule has 0 aromatic heterocycles.